The van der Waals surface area contributed by atoms with Crippen LogP contribution in [0.3, 0.4) is 0 Å². The fourth-order valence-corrected chi connectivity index (χ4v) is 4.80. The van der Waals surface area contributed by atoms with E-state index in [2.05, 4.69) is 100 Å². The predicted octanol–water partition coefficient (Wildman–Crippen LogP) is 7.89. The number of para-hydroxylation sites is 1. The molecule has 0 radical (unpaired) electrons. The van der Waals surface area contributed by atoms with Crippen molar-refractivity contribution in [2.24, 2.45) is 5.92 Å². The van der Waals surface area contributed by atoms with Gasteiger partial charge in [0.1, 0.15) is 0 Å². The van der Waals surface area contributed by atoms with Gasteiger partial charge in [-0.15, -0.1) is 6.58 Å². The second-order valence-electron chi connectivity index (χ2n) is 9.34. The molecule has 0 saturated carbocycles. The standard InChI is InChI=1S/C27H17N5.C5H10/c1-2-5-18(6-3-1)31-23-9-8-19(15-20(23)27-26(31)7-4-12-30-27)32-24-10-13-28-16-21(24)22-17-29-14-11-25(22)32;1-4-5(2)3/h1-17H;4-5H,1H2,2-3H3. The minimum Gasteiger partial charge on any atom is -0.309 e. The smallest absolute Gasteiger partial charge is 0.0964 e. The number of aromatic nitrogens is 5. The molecule has 0 aliphatic rings. The number of fused-ring (bicyclic) bond motifs is 6. The minimum atomic E-state index is 0.648. The Hall–Kier alpha value is -4.77. The molecule has 0 aliphatic heterocycles. The lowest BCUT2D eigenvalue weighted by molar-refractivity contribution is 0.835. The summed E-state index contributed by atoms with van der Waals surface area (Å²) in [5.41, 5.74) is 7.68. The maximum absolute atomic E-state index is 4.75. The maximum atomic E-state index is 4.75. The summed E-state index contributed by atoms with van der Waals surface area (Å²) in [4.78, 5) is 13.4. The van der Waals surface area contributed by atoms with Crippen LogP contribution < -0.4 is 0 Å². The second-order valence-corrected chi connectivity index (χ2v) is 9.34. The molecule has 5 aromatic heterocycles. The third-order valence-electron chi connectivity index (χ3n) is 6.62. The molecule has 0 bridgehead atoms. The fraction of sp³-hybridized carbons (Fsp3) is 0.0938. The summed E-state index contributed by atoms with van der Waals surface area (Å²) in [6, 6.07) is 25.3. The van der Waals surface area contributed by atoms with Gasteiger partial charge in [0.15, 0.2) is 0 Å². The van der Waals surface area contributed by atoms with E-state index in [0.717, 1.165) is 55.1 Å². The zero-order chi connectivity index (χ0) is 25.4. The Balaban J connectivity index is 0.000000463. The van der Waals surface area contributed by atoms with Crippen LogP contribution in [0.5, 0.6) is 0 Å². The van der Waals surface area contributed by atoms with Crippen LogP contribution >= 0.6 is 0 Å². The zero-order valence-corrected chi connectivity index (χ0v) is 20.9. The third kappa shape index (κ3) is 3.85. The van der Waals surface area contributed by atoms with E-state index in [4.69, 9.17) is 4.98 Å². The Kier molecular flexibility index (Phi) is 5.73. The van der Waals surface area contributed by atoms with Crippen LogP contribution in [0.25, 0.3) is 55.1 Å². The largest absolute Gasteiger partial charge is 0.309 e. The van der Waals surface area contributed by atoms with Crippen molar-refractivity contribution < 1.29 is 0 Å². The van der Waals surface area contributed by atoms with Crippen molar-refractivity contribution >= 4 is 43.7 Å². The van der Waals surface area contributed by atoms with E-state index in [1.807, 2.05) is 49.2 Å². The van der Waals surface area contributed by atoms with Gasteiger partial charge in [0, 0.05) is 58.5 Å². The van der Waals surface area contributed by atoms with Crippen LogP contribution in [0, 0.1) is 5.92 Å². The number of benzene rings is 2. The number of hydrogen-bond acceptors (Lipinski definition) is 3. The summed E-state index contributed by atoms with van der Waals surface area (Å²) in [6.45, 7) is 7.77. The minimum absolute atomic E-state index is 0.648. The van der Waals surface area contributed by atoms with Crippen molar-refractivity contribution in [3.05, 3.63) is 116 Å². The molecule has 5 nitrogen and oxygen atoms in total. The number of rotatable bonds is 3. The summed E-state index contributed by atoms with van der Waals surface area (Å²) in [7, 11) is 0. The molecule has 5 heteroatoms. The van der Waals surface area contributed by atoms with Crippen LogP contribution in [0.15, 0.2) is 116 Å². The lowest BCUT2D eigenvalue weighted by Crippen LogP contribution is -1.95. The van der Waals surface area contributed by atoms with Gasteiger partial charge in [-0.05, 0) is 60.5 Å². The van der Waals surface area contributed by atoms with Crippen molar-refractivity contribution in [2.75, 3.05) is 0 Å². The summed E-state index contributed by atoms with van der Waals surface area (Å²) in [6.07, 6.45) is 11.3. The molecule has 5 heterocycles. The first-order valence-corrected chi connectivity index (χ1v) is 12.4. The lowest BCUT2D eigenvalue weighted by atomic mass is 10.2. The van der Waals surface area contributed by atoms with Crippen molar-refractivity contribution in [3.63, 3.8) is 0 Å². The Labute approximate surface area is 215 Å². The molecule has 0 unspecified atom stereocenters. The van der Waals surface area contributed by atoms with Crippen LogP contribution in [-0.2, 0) is 0 Å². The van der Waals surface area contributed by atoms with Crippen molar-refractivity contribution in [1.29, 1.82) is 0 Å². The highest BCUT2D eigenvalue weighted by molar-refractivity contribution is 6.10. The third-order valence-corrected chi connectivity index (χ3v) is 6.62. The molecule has 37 heavy (non-hydrogen) atoms. The van der Waals surface area contributed by atoms with Gasteiger partial charge < -0.3 is 9.13 Å². The molecule has 180 valence electrons. The van der Waals surface area contributed by atoms with Crippen LogP contribution in [0.2, 0.25) is 0 Å². The van der Waals surface area contributed by atoms with Crippen LogP contribution in [-0.4, -0.2) is 24.1 Å². The monoisotopic (exact) mass is 481 g/mol. The van der Waals surface area contributed by atoms with Crippen molar-refractivity contribution in [3.8, 4) is 11.4 Å². The van der Waals surface area contributed by atoms with Gasteiger partial charge in [0.05, 0.1) is 27.6 Å². The number of nitrogens with zero attached hydrogens (tertiary/aromatic N) is 5. The van der Waals surface area contributed by atoms with E-state index in [-0.39, 0.29) is 0 Å². The molecule has 7 aromatic rings. The quantitative estimate of drug-likeness (QED) is 0.241. The fourth-order valence-electron chi connectivity index (χ4n) is 4.80. The topological polar surface area (TPSA) is 48.5 Å². The highest BCUT2D eigenvalue weighted by Gasteiger charge is 2.16. The summed E-state index contributed by atoms with van der Waals surface area (Å²) >= 11 is 0. The van der Waals surface area contributed by atoms with E-state index in [1.54, 1.807) is 0 Å². The Morgan fingerprint density at radius 3 is 1.92 bits per heavy atom. The number of hydrogen-bond donors (Lipinski definition) is 0. The van der Waals surface area contributed by atoms with E-state index in [0.29, 0.717) is 5.92 Å². The molecule has 0 saturated heterocycles. The van der Waals surface area contributed by atoms with Crippen LogP contribution in [0.4, 0.5) is 0 Å². The summed E-state index contributed by atoms with van der Waals surface area (Å²) in [5.74, 6) is 0.648. The first kappa shape index (κ1) is 22.7. The zero-order valence-electron chi connectivity index (χ0n) is 20.9. The maximum Gasteiger partial charge on any atom is 0.0964 e. The van der Waals surface area contributed by atoms with Gasteiger partial charge in [0.25, 0.3) is 0 Å². The molecule has 0 amide bonds. The van der Waals surface area contributed by atoms with E-state index in [1.165, 1.54) is 0 Å². The van der Waals surface area contributed by atoms with Crippen molar-refractivity contribution in [1.82, 2.24) is 24.1 Å². The normalized spacial score (nSPS) is 11.3. The molecule has 0 fully saturated rings. The Morgan fingerprint density at radius 1 is 0.649 bits per heavy atom. The van der Waals surface area contributed by atoms with E-state index in [9.17, 15) is 0 Å². The second kappa shape index (κ2) is 9.36. The first-order valence-electron chi connectivity index (χ1n) is 12.4. The predicted molar refractivity (Wildman–Crippen MR) is 154 cm³/mol. The van der Waals surface area contributed by atoms with Gasteiger partial charge in [-0.1, -0.05) is 38.1 Å². The molecule has 7 rings (SSSR count). The van der Waals surface area contributed by atoms with Gasteiger partial charge in [-0.2, -0.15) is 0 Å². The highest BCUT2D eigenvalue weighted by Crippen LogP contribution is 2.35. The van der Waals surface area contributed by atoms with Crippen molar-refractivity contribution in [2.45, 2.75) is 13.8 Å². The van der Waals surface area contributed by atoms with Gasteiger partial charge in [-0.3, -0.25) is 15.0 Å². The van der Waals surface area contributed by atoms with E-state index < -0.39 is 0 Å². The summed E-state index contributed by atoms with van der Waals surface area (Å²) in [5, 5.41) is 3.32. The molecule has 2 aromatic carbocycles. The van der Waals surface area contributed by atoms with Gasteiger partial charge >= 0.3 is 0 Å². The molecule has 0 N–H and O–H groups in total. The molecular weight excluding hydrogens is 454 g/mol. The molecule has 0 aliphatic carbocycles. The van der Waals surface area contributed by atoms with Gasteiger partial charge in [-0.25, -0.2) is 0 Å². The van der Waals surface area contributed by atoms with E-state index >= 15 is 0 Å². The highest BCUT2D eigenvalue weighted by atomic mass is 15.0. The Bertz CT molecular complexity index is 1820. The average Bonchev–Trinajstić information content (AvgIpc) is 3.46. The lowest BCUT2D eigenvalue weighted by Gasteiger charge is -2.10. The molecular formula is C32H27N5. The van der Waals surface area contributed by atoms with Gasteiger partial charge in [0.2, 0.25) is 0 Å². The SMILES string of the molecule is C=CC(C)C.c1ccc(-n2c3ccc(-n4c5ccncc5c5cnccc54)cc3c3ncccc32)cc1. The first-order chi connectivity index (χ1) is 18.2. The molecule has 0 atom stereocenters. The summed E-state index contributed by atoms with van der Waals surface area (Å²) < 4.78 is 4.56. The number of allylic oxidation sites excluding steroid dienone is 1. The Morgan fingerprint density at radius 2 is 1.27 bits per heavy atom. The molecule has 0 spiro atoms. The average molecular weight is 482 g/mol. The number of pyridine rings is 3. The van der Waals surface area contributed by atoms with Crippen LogP contribution in [0.1, 0.15) is 13.8 Å².